The van der Waals surface area contributed by atoms with E-state index in [4.69, 9.17) is 14.9 Å². The molecule has 1 aliphatic rings. The SMILES string of the molecule is O=CCC1(CCOc2cc(C(=O)O)cc(C(=O)O)c2)CCCCC1. The fourth-order valence-corrected chi connectivity index (χ4v) is 3.35. The number of carbonyl (C=O) groups excluding carboxylic acids is 1. The molecule has 1 saturated carbocycles. The summed E-state index contributed by atoms with van der Waals surface area (Å²) in [5, 5.41) is 18.1. The summed E-state index contributed by atoms with van der Waals surface area (Å²) >= 11 is 0. The second kappa shape index (κ2) is 7.95. The van der Waals surface area contributed by atoms with E-state index in [1.54, 1.807) is 0 Å². The molecule has 0 aliphatic heterocycles. The van der Waals surface area contributed by atoms with E-state index in [1.165, 1.54) is 18.6 Å². The highest BCUT2D eigenvalue weighted by molar-refractivity contribution is 5.94. The number of rotatable bonds is 8. The van der Waals surface area contributed by atoms with Crippen LogP contribution in [0.15, 0.2) is 18.2 Å². The van der Waals surface area contributed by atoms with E-state index in [0.717, 1.165) is 38.0 Å². The molecule has 6 nitrogen and oxygen atoms in total. The van der Waals surface area contributed by atoms with Gasteiger partial charge in [0.05, 0.1) is 17.7 Å². The van der Waals surface area contributed by atoms with E-state index in [-0.39, 0.29) is 22.3 Å². The Kier molecular flexibility index (Phi) is 5.95. The first kappa shape index (κ1) is 18.0. The molecule has 0 radical (unpaired) electrons. The third-order valence-electron chi connectivity index (χ3n) is 4.73. The zero-order chi connectivity index (χ0) is 17.6. The van der Waals surface area contributed by atoms with Crippen molar-refractivity contribution in [3.05, 3.63) is 29.3 Å². The quantitative estimate of drug-likeness (QED) is 0.707. The molecule has 2 rings (SSSR count). The van der Waals surface area contributed by atoms with Gasteiger partial charge in [-0.25, -0.2) is 9.59 Å². The molecule has 1 aliphatic carbocycles. The average Bonchev–Trinajstić information content (AvgIpc) is 2.55. The van der Waals surface area contributed by atoms with E-state index >= 15 is 0 Å². The molecule has 24 heavy (non-hydrogen) atoms. The van der Waals surface area contributed by atoms with Crippen LogP contribution in [0.1, 0.15) is 65.7 Å². The summed E-state index contributed by atoms with van der Waals surface area (Å²) in [5.41, 5.74) is -0.282. The topological polar surface area (TPSA) is 101 Å². The van der Waals surface area contributed by atoms with Crippen LogP contribution in [0, 0.1) is 5.41 Å². The summed E-state index contributed by atoms with van der Waals surface area (Å²) in [6, 6.07) is 3.75. The maximum Gasteiger partial charge on any atom is 0.335 e. The first-order chi connectivity index (χ1) is 11.5. The summed E-state index contributed by atoms with van der Waals surface area (Å²) in [7, 11) is 0. The normalized spacial score (nSPS) is 16.3. The van der Waals surface area contributed by atoms with Crippen molar-refractivity contribution in [2.45, 2.75) is 44.9 Å². The van der Waals surface area contributed by atoms with Gasteiger partial charge in [-0.15, -0.1) is 0 Å². The highest BCUT2D eigenvalue weighted by Gasteiger charge is 2.31. The highest BCUT2D eigenvalue weighted by Crippen LogP contribution is 2.41. The van der Waals surface area contributed by atoms with Gasteiger partial charge in [-0.05, 0) is 42.9 Å². The van der Waals surface area contributed by atoms with Gasteiger partial charge in [0.15, 0.2) is 0 Å². The van der Waals surface area contributed by atoms with Crippen LogP contribution in [0.2, 0.25) is 0 Å². The third kappa shape index (κ3) is 4.57. The molecule has 0 heterocycles. The fraction of sp³-hybridized carbons (Fsp3) is 0.500. The molecule has 2 N–H and O–H groups in total. The van der Waals surface area contributed by atoms with Crippen molar-refractivity contribution in [1.29, 1.82) is 0 Å². The Morgan fingerprint density at radius 3 is 2.12 bits per heavy atom. The maximum atomic E-state index is 11.1. The van der Waals surface area contributed by atoms with E-state index in [9.17, 15) is 14.4 Å². The van der Waals surface area contributed by atoms with E-state index in [2.05, 4.69) is 0 Å². The molecule has 1 aromatic carbocycles. The lowest BCUT2D eigenvalue weighted by Crippen LogP contribution is -2.27. The molecule has 0 bridgehead atoms. The molecule has 0 saturated heterocycles. The van der Waals surface area contributed by atoms with Crippen molar-refractivity contribution in [2.75, 3.05) is 6.61 Å². The largest absolute Gasteiger partial charge is 0.494 e. The van der Waals surface area contributed by atoms with E-state index < -0.39 is 11.9 Å². The monoisotopic (exact) mass is 334 g/mol. The van der Waals surface area contributed by atoms with Gasteiger partial charge in [0.25, 0.3) is 0 Å². The second-order valence-corrected chi connectivity index (χ2v) is 6.39. The molecule has 1 fully saturated rings. The number of carboxylic acid groups (broad SMARTS) is 2. The van der Waals surface area contributed by atoms with Gasteiger partial charge in [-0.3, -0.25) is 0 Å². The summed E-state index contributed by atoms with van der Waals surface area (Å²) in [5.74, 6) is -2.18. The summed E-state index contributed by atoms with van der Waals surface area (Å²) in [6.07, 6.45) is 7.53. The van der Waals surface area contributed by atoms with Gasteiger partial charge in [0.1, 0.15) is 12.0 Å². The van der Waals surface area contributed by atoms with Crippen molar-refractivity contribution in [3.63, 3.8) is 0 Å². The zero-order valence-corrected chi connectivity index (χ0v) is 13.5. The summed E-state index contributed by atoms with van der Waals surface area (Å²) in [6.45, 7) is 0.329. The number of carboxylic acids is 2. The number of benzene rings is 1. The highest BCUT2D eigenvalue weighted by atomic mass is 16.5. The van der Waals surface area contributed by atoms with Crippen LogP contribution in [0.3, 0.4) is 0 Å². The van der Waals surface area contributed by atoms with Gasteiger partial charge < -0.3 is 19.7 Å². The molecular formula is C18H22O6. The summed E-state index contributed by atoms with van der Waals surface area (Å²) in [4.78, 5) is 33.2. The standard InChI is InChI=1S/C18H22O6/c19-8-6-18(4-2-1-3-5-18)7-9-24-15-11-13(16(20)21)10-14(12-15)17(22)23/h8,10-12H,1-7,9H2,(H,20,21)(H,22,23). The van der Waals surface area contributed by atoms with Crippen molar-refractivity contribution >= 4 is 18.2 Å². The van der Waals surface area contributed by atoms with Gasteiger partial charge in [0.2, 0.25) is 0 Å². The van der Waals surface area contributed by atoms with Gasteiger partial charge in [-0.1, -0.05) is 19.3 Å². The lowest BCUT2D eigenvalue weighted by Gasteiger charge is -2.35. The first-order valence-electron chi connectivity index (χ1n) is 8.14. The van der Waals surface area contributed by atoms with E-state index in [0.29, 0.717) is 19.4 Å². The third-order valence-corrected chi connectivity index (χ3v) is 4.73. The first-order valence-corrected chi connectivity index (χ1v) is 8.14. The smallest absolute Gasteiger partial charge is 0.335 e. The molecule has 0 aromatic heterocycles. The molecule has 0 unspecified atom stereocenters. The molecule has 0 spiro atoms. The average molecular weight is 334 g/mol. The molecule has 130 valence electrons. The zero-order valence-electron chi connectivity index (χ0n) is 13.5. The summed E-state index contributed by atoms with van der Waals surface area (Å²) < 4.78 is 5.62. The second-order valence-electron chi connectivity index (χ2n) is 6.39. The van der Waals surface area contributed by atoms with Gasteiger partial charge >= 0.3 is 11.9 Å². The van der Waals surface area contributed by atoms with Crippen LogP contribution in [0.25, 0.3) is 0 Å². The molecular weight excluding hydrogens is 312 g/mol. The maximum absolute atomic E-state index is 11.1. The van der Waals surface area contributed by atoms with Crippen molar-refractivity contribution in [2.24, 2.45) is 5.41 Å². The molecule has 0 amide bonds. The lowest BCUT2D eigenvalue weighted by atomic mass is 9.70. The molecule has 0 atom stereocenters. The Balaban J connectivity index is 2.06. The Morgan fingerprint density at radius 2 is 1.62 bits per heavy atom. The number of aromatic carboxylic acids is 2. The van der Waals surface area contributed by atoms with Crippen LogP contribution in [-0.2, 0) is 4.79 Å². The molecule has 6 heteroatoms. The molecule has 1 aromatic rings. The van der Waals surface area contributed by atoms with Crippen LogP contribution < -0.4 is 4.74 Å². The van der Waals surface area contributed by atoms with Crippen molar-refractivity contribution < 1.29 is 29.3 Å². The predicted molar refractivity (Wildman–Crippen MR) is 86.7 cm³/mol. The number of hydrogen-bond acceptors (Lipinski definition) is 4. The van der Waals surface area contributed by atoms with Gasteiger partial charge in [-0.2, -0.15) is 0 Å². The Morgan fingerprint density at radius 1 is 1.04 bits per heavy atom. The number of ether oxygens (including phenoxy) is 1. The number of carbonyl (C=O) groups is 3. The van der Waals surface area contributed by atoms with Crippen molar-refractivity contribution in [3.8, 4) is 5.75 Å². The Labute approximate surface area is 140 Å². The van der Waals surface area contributed by atoms with Crippen LogP contribution in [0.4, 0.5) is 0 Å². The predicted octanol–water partition coefficient (Wildman–Crippen LogP) is 3.39. The van der Waals surface area contributed by atoms with Crippen LogP contribution in [-0.4, -0.2) is 35.0 Å². The number of aldehydes is 1. The lowest BCUT2D eigenvalue weighted by molar-refractivity contribution is -0.110. The van der Waals surface area contributed by atoms with Gasteiger partial charge in [0, 0.05) is 6.42 Å². The fourth-order valence-electron chi connectivity index (χ4n) is 3.35. The Bertz CT molecular complexity index is 584. The Hall–Kier alpha value is -2.37. The minimum absolute atomic E-state index is 0.0416. The van der Waals surface area contributed by atoms with Crippen molar-refractivity contribution in [1.82, 2.24) is 0 Å². The minimum Gasteiger partial charge on any atom is -0.494 e. The van der Waals surface area contributed by atoms with Crippen LogP contribution in [0.5, 0.6) is 5.75 Å². The van der Waals surface area contributed by atoms with E-state index in [1.807, 2.05) is 0 Å². The number of hydrogen-bond donors (Lipinski definition) is 2. The minimum atomic E-state index is -1.20. The van der Waals surface area contributed by atoms with Crippen LogP contribution >= 0.6 is 0 Å².